The highest BCUT2D eigenvalue weighted by molar-refractivity contribution is 5.89. The van der Waals surface area contributed by atoms with Gasteiger partial charge in [0.1, 0.15) is 5.54 Å². The number of carbonyl (C=O) groups is 1. The molecule has 3 rings (SSSR count). The molecule has 1 spiro atoms. The number of amides is 1. The molecule has 2 aliphatic heterocycles. The van der Waals surface area contributed by atoms with Crippen molar-refractivity contribution in [1.29, 1.82) is 0 Å². The minimum Gasteiger partial charge on any atom is -0.339 e. The lowest BCUT2D eigenvalue weighted by molar-refractivity contribution is -0.125. The van der Waals surface area contributed by atoms with Gasteiger partial charge in [0.2, 0.25) is 5.91 Å². The summed E-state index contributed by atoms with van der Waals surface area (Å²) in [5.41, 5.74) is -0.266. The molecule has 1 atom stereocenters. The van der Waals surface area contributed by atoms with Gasteiger partial charge < -0.3 is 10.6 Å². The lowest BCUT2D eigenvalue weighted by Crippen LogP contribution is -2.54. The molecule has 108 valence electrons. The number of carbonyl (C=O) groups excluding carboxylic acids is 1. The van der Waals surface area contributed by atoms with Gasteiger partial charge in [0.05, 0.1) is 6.17 Å². The molecular formula is C15H27N3O. The number of hydrogen-bond donors (Lipinski definition) is 3. The van der Waals surface area contributed by atoms with E-state index in [-0.39, 0.29) is 17.6 Å². The number of nitrogens with one attached hydrogen (secondary N) is 3. The Morgan fingerprint density at radius 2 is 1.84 bits per heavy atom. The quantitative estimate of drug-likeness (QED) is 0.707. The van der Waals surface area contributed by atoms with Gasteiger partial charge in [-0.25, -0.2) is 0 Å². The van der Waals surface area contributed by atoms with Crippen LogP contribution in [0.15, 0.2) is 0 Å². The standard InChI is InChI=1S/C15H27N3O/c1-2-11-3-5-12(6-4-11)13-17-14(19)15(18-13)7-9-16-10-8-15/h11-13,16,18H,2-10H2,1H3,(H,17,19)/t11?,12?,13-/m1/s1. The second-order valence-electron chi connectivity index (χ2n) is 6.62. The van der Waals surface area contributed by atoms with Gasteiger partial charge in [-0.05, 0) is 50.6 Å². The highest BCUT2D eigenvalue weighted by Gasteiger charge is 2.48. The molecule has 0 aromatic rings. The third kappa shape index (κ3) is 2.52. The van der Waals surface area contributed by atoms with E-state index in [1.807, 2.05) is 0 Å². The molecule has 2 heterocycles. The van der Waals surface area contributed by atoms with Crippen LogP contribution in [0.4, 0.5) is 0 Å². The molecule has 4 nitrogen and oxygen atoms in total. The molecule has 0 aromatic carbocycles. The van der Waals surface area contributed by atoms with Crippen LogP contribution in [0.5, 0.6) is 0 Å². The molecule has 0 bridgehead atoms. The first kappa shape index (κ1) is 13.4. The predicted octanol–water partition coefficient (Wildman–Crippen LogP) is 1.37. The van der Waals surface area contributed by atoms with Crippen molar-refractivity contribution in [3.63, 3.8) is 0 Å². The van der Waals surface area contributed by atoms with E-state index >= 15 is 0 Å². The lowest BCUT2D eigenvalue weighted by atomic mass is 9.79. The fourth-order valence-electron chi connectivity index (χ4n) is 4.07. The Kier molecular flexibility index (Phi) is 3.81. The summed E-state index contributed by atoms with van der Waals surface area (Å²) in [6.45, 7) is 4.20. The fourth-order valence-corrected chi connectivity index (χ4v) is 4.07. The van der Waals surface area contributed by atoms with E-state index < -0.39 is 0 Å². The van der Waals surface area contributed by atoms with Gasteiger partial charge in [0.25, 0.3) is 0 Å². The molecular weight excluding hydrogens is 238 g/mol. The lowest BCUT2D eigenvalue weighted by Gasteiger charge is -2.35. The van der Waals surface area contributed by atoms with E-state index in [9.17, 15) is 4.79 Å². The molecule has 2 saturated heterocycles. The van der Waals surface area contributed by atoms with Crippen LogP contribution < -0.4 is 16.0 Å². The SMILES string of the molecule is CCC1CCC([C@@H]2NC(=O)C3(CCNCC3)N2)CC1. The van der Waals surface area contributed by atoms with Gasteiger partial charge in [-0.3, -0.25) is 10.1 Å². The predicted molar refractivity (Wildman–Crippen MR) is 75.6 cm³/mol. The summed E-state index contributed by atoms with van der Waals surface area (Å²) in [5, 5.41) is 10.2. The first-order valence-electron chi connectivity index (χ1n) is 8.03. The van der Waals surface area contributed by atoms with E-state index in [1.54, 1.807) is 0 Å². The Balaban J connectivity index is 1.60. The summed E-state index contributed by atoms with van der Waals surface area (Å²) in [6, 6.07) is 0. The number of piperidine rings is 1. The minimum absolute atomic E-state index is 0.225. The zero-order valence-corrected chi connectivity index (χ0v) is 12.0. The molecule has 3 fully saturated rings. The maximum Gasteiger partial charge on any atom is 0.241 e. The minimum atomic E-state index is -0.266. The van der Waals surface area contributed by atoms with E-state index in [0.717, 1.165) is 31.8 Å². The summed E-state index contributed by atoms with van der Waals surface area (Å²) in [7, 11) is 0. The first-order chi connectivity index (χ1) is 9.23. The van der Waals surface area contributed by atoms with Gasteiger partial charge in [0.15, 0.2) is 0 Å². The Labute approximate surface area is 116 Å². The van der Waals surface area contributed by atoms with Crippen molar-refractivity contribution in [3.8, 4) is 0 Å². The maximum atomic E-state index is 12.3. The molecule has 4 heteroatoms. The van der Waals surface area contributed by atoms with E-state index in [1.165, 1.54) is 32.1 Å². The van der Waals surface area contributed by atoms with Gasteiger partial charge in [-0.15, -0.1) is 0 Å². The third-order valence-electron chi connectivity index (χ3n) is 5.55. The molecule has 3 aliphatic rings. The van der Waals surface area contributed by atoms with Crippen molar-refractivity contribution in [1.82, 2.24) is 16.0 Å². The largest absolute Gasteiger partial charge is 0.339 e. The fraction of sp³-hybridized carbons (Fsp3) is 0.933. The molecule has 0 aromatic heterocycles. The van der Waals surface area contributed by atoms with E-state index in [0.29, 0.717) is 5.92 Å². The van der Waals surface area contributed by atoms with Crippen LogP contribution in [0.2, 0.25) is 0 Å². The average Bonchev–Trinajstić information content (AvgIpc) is 2.77. The number of rotatable bonds is 2. The Morgan fingerprint density at radius 3 is 2.47 bits per heavy atom. The molecule has 1 saturated carbocycles. The highest BCUT2D eigenvalue weighted by Crippen LogP contribution is 2.35. The summed E-state index contributed by atoms with van der Waals surface area (Å²) < 4.78 is 0. The van der Waals surface area contributed by atoms with Crippen LogP contribution in [0.3, 0.4) is 0 Å². The molecule has 19 heavy (non-hydrogen) atoms. The average molecular weight is 265 g/mol. The van der Waals surface area contributed by atoms with Gasteiger partial charge in [0, 0.05) is 0 Å². The molecule has 0 unspecified atom stereocenters. The second kappa shape index (κ2) is 5.41. The molecule has 0 radical (unpaired) electrons. The highest BCUT2D eigenvalue weighted by atomic mass is 16.2. The van der Waals surface area contributed by atoms with Crippen LogP contribution in [-0.2, 0) is 4.79 Å². The van der Waals surface area contributed by atoms with Crippen LogP contribution in [0.25, 0.3) is 0 Å². The summed E-state index contributed by atoms with van der Waals surface area (Å²) in [5.74, 6) is 1.80. The zero-order chi connectivity index (χ0) is 13.3. The first-order valence-corrected chi connectivity index (χ1v) is 8.03. The smallest absolute Gasteiger partial charge is 0.241 e. The van der Waals surface area contributed by atoms with E-state index in [4.69, 9.17) is 0 Å². The van der Waals surface area contributed by atoms with E-state index in [2.05, 4.69) is 22.9 Å². The van der Waals surface area contributed by atoms with Crippen molar-refractivity contribution in [2.24, 2.45) is 11.8 Å². The number of hydrogen-bond acceptors (Lipinski definition) is 3. The molecule has 1 amide bonds. The topological polar surface area (TPSA) is 53.2 Å². The molecule has 3 N–H and O–H groups in total. The van der Waals surface area contributed by atoms with Gasteiger partial charge in [-0.2, -0.15) is 0 Å². The maximum absolute atomic E-state index is 12.3. The van der Waals surface area contributed by atoms with Gasteiger partial charge >= 0.3 is 0 Å². The van der Waals surface area contributed by atoms with Crippen molar-refractivity contribution in [2.45, 2.75) is 63.6 Å². The van der Waals surface area contributed by atoms with Crippen molar-refractivity contribution in [3.05, 3.63) is 0 Å². The normalized spacial score (nSPS) is 38.4. The Hall–Kier alpha value is -0.610. The summed E-state index contributed by atoms with van der Waals surface area (Å²) >= 11 is 0. The van der Waals surface area contributed by atoms with Crippen LogP contribution in [-0.4, -0.2) is 30.7 Å². The van der Waals surface area contributed by atoms with Crippen molar-refractivity contribution >= 4 is 5.91 Å². The second-order valence-corrected chi connectivity index (χ2v) is 6.62. The monoisotopic (exact) mass is 265 g/mol. The zero-order valence-electron chi connectivity index (χ0n) is 12.0. The summed E-state index contributed by atoms with van der Waals surface area (Å²) in [4.78, 5) is 12.3. The Bertz CT molecular complexity index is 330. The van der Waals surface area contributed by atoms with Gasteiger partial charge in [-0.1, -0.05) is 26.2 Å². The van der Waals surface area contributed by atoms with Crippen LogP contribution >= 0.6 is 0 Å². The third-order valence-corrected chi connectivity index (χ3v) is 5.55. The van der Waals surface area contributed by atoms with Crippen LogP contribution in [0.1, 0.15) is 51.9 Å². The van der Waals surface area contributed by atoms with Crippen molar-refractivity contribution in [2.75, 3.05) is 13.1 Å². The van der Waals surface area contributed by atoms with Crippen LogP contribution in [0, 0.1) is 11.8 Å². The Morgan fingerprint density at radius 1 is 1.16 bits per heavy atom. The van der Waals surface area contributed by atoms with Crippen molar-refractivity contribution < 1.29 is 4.79 Å². The molecule has 1 aliphatic carbocycles. The summed E-state index contributed by atoms with van der Waals surface area (Å²) in [6.07, 6.45) is 8.61.